The van der Waals surface area contributed by atoms with Crippen LogP contribution in [0.4, 0.5) is 5.95 Å². The van der Waals surface area contributed by atoms with Crippen LogP contribution in [0.5, 0.6) is 0 Å². The molecule has 0 aliphatic rings. The fourth-order valence-corrected chi connectivity index (χ4v) is 0.287. The minimum atomic E-state index is -0.903. The van der Waals surface area contributed by atoms with Gasteiger partial charge in [0, 0.05) is 0 Å². The summed E-state index contributed by atoms with van der Waals surface area (Å²) in [4.78, 5) is 8.85. The van der Waals surface area contributed by atoms with Crippen molar-refractivity contribution in [1.29, 1.82) is 0 Å². The van der Waals surface area contributed by atoms with Gasteiger partial charge in [-0.3, -0.25) is 0 Å². The predicted octanol–water partition coefficient (Wildman–Crippen LogP) is -1.18. The van der Waals surface area contributed by atoms with Crippen LogP contribution < -0.4 is 0 Å². The molecular weight excluding hydrogens is 130 g/mol. The lowest BCUT2D eigenvalue weighted by molar-refractivity contribution is -0.402. The zero-order chi connectivity index (χ0) is 6.85. The lowest BCUT2D eigenvalue weighted by Gasteiger charge is -1.85. The van der Waals surface area contributed by atoms with E-state index in [0.29, 0.717) is 0 Å². The highest BCUT2D eigenvalue weighted by Gasteiger charge is 2.15. The molecule has 1 aromatic rings. The number of nitrogens with zero attached hydrogens (tertiary/aromatic N) is 5. The van der Waals surface area contributed by atoms with E-state index in [1.807, 2.05) is 0 Å². The summed E-state index contributed by atoms with van der Waals surface area (Å²) in [5.74, 6) is -0.796. The second-order valence-corrected chi connectivity index (χ2v) is 1.13. The summed E-state index contributed by atoms with van der Waals surface area (Å²) in [6, 6.07) is 0. The molecule has 48 valence electrons. The van der Waals surface area contributed by atoms with Crippen molar-refractivity contribution in [2.24, 2.45) is 0 Å². The first-order chi connectivity index (χ1) is 4.22. The van der Waals surface area contributed by atoms with E-state index >= 15 is 0 Å². The second kappa shape index (κ2) is 1.65. The number of tetrazole rings is 1. The monoisotopic (exact) mass is 131 g/mol. The molecule has 0 saturated heterocycles. The summed E-state index contributed by atoms with van der Waals surface area (Å²) in [5.41, 5.74) is 0. The molecule has 1 N–H and O–H groups in total. The Labute approximate surface area is 47.8 Å². The van der Waals surface area contributed by atoms with Crippen LogP contribution in [-0.4, -0.2) is 30.5 Å². The van der Waals surface area contributed by atoms with E-state index in [1.54, 1.807) is 0 Å². The zero-order valence-electron chi connectivity index (χ0n) is 4.00. The van der Waals surface area contributed by atoms with Gasteiger partial charge < -0.3 is 15.3 Å². The van der Waals surface area contributed by atoms with Crippen molar-refractivity contribution >= 4 is 5.95 Å². The van der Waals surface area contributed by atoms with Gasteiger partial charge in [0.15, 0.2) is 0 Å². The zero-order valence-corrected chi connectivity index (χ0v) is 4.00. The van der Waals surface area contributed by atoms with Crippen LogP contribution >= 0.6 is 0 Å². The van der Waals surface area contributed by atoms with Crippen LogP contribution in [0.3, 0.4) is 0 Å². The molecule has 0 atom stereocenters. The molecule has 0 spiro atoms. The van der Waals surface area contributed by atoms with Crippen LogP contribution in [0.25, 0.3) is 0 Å². The van der Waals surface area contributed by atoms with E-state index < -0.39 is 10.9 Å². The third kappa shape index (κ3) is 0.759. The fourth-order valence-electron chi connectivity index (χ4n) is 0.287. The molecule has 8 heteroatoms. The van der Waals surface area contributed by atoms with Crippen LogP contribution in [0.15, 0.2) is 0 Å². The highest BCUT2D eigenvalue weighted by molar-refractivity contribution is 4.93. The number of rotatable bonds is 1. The lowest BCUT2D eigenvalue weighted by atomic mass is 11.1. The molecule has 1 heterocycles. The second-order valence-electron chi connectivity index (χ2n) is 1.13. The molecule has 9 heavy (non-hydrogen) atoms. The maximum absolute atomic E-state index is 9.77. The fraction of sp³-hybridized carbons (Fsp3) is 0. The Morgan fingerprint density at radius 2 is 2.44 bits per heavy atom. The molecule has 1 aromatic heterocycles. The van der Waals surface area contributed by atoms with Crippen molar-refractivity contribution in [3.63, 3.8) is 0 Å². The molecule has 0 aliphatic heterocycles. The van der Waals surface area contributed by atoms with Gasteiger partial charge in [0.1, 0.15) is 0 Å². The molecule has 0 radical (unpaired) electrons. The minimum absolute atomic E-state index is 0.0139. The van der Waals surface area contributed by atoms with Crippen molar-refractivity contribution in [2.45, 2.75) is 0 Å². The van der Waals surface area contributed by atoms with Crippen molar-refractivity contribution < 1.29 is 10.1 Å². The van der Waals surface area contributed by atoms with Gasteiger partial charge in [0.05, 0.1) is 20.4 Å². The molecule has 0 fully saturated rings. The Bertz CT molecular complexity index is 228. The van der Waals surface area contributed by atoms with E-state index in [9.17, 15) is 10.1 Å². The highest BCUT2D eigenvalue weighted by Crippen LogP contribution is 1.97. The maximum atomic E-state index is 9.77. The molecule has 0 saturated carbocycles. The third-order valence-corrected chi connectivity index (χ3v) is 0.601. The molecule has 8 nitrogen and oxygen atoms in total. The standard InChI is InChI=1S/CHN5O3/c7-5-1(6(8)9)2-3-4-5/h7H. The van der Waals surface area contributed by atoms with Crippen LogP contribution in [-0.2, 0) is 0 Å². The van der Waals surface area contributed by atoms with Gasteiger partial charge >= 0.3 is 5.95 Å². The van der Waals surface area contributed by atoms with Gasteiger partial charge in [0.25, 0.3) is 0 Å². The van der Waals surface area contributed by atoms with Crippen LogP contribution in [0, 0.1) is 10.1 Å². The molecular formula is CHN5O3. The van der Waals surface area contributed by atoms with Crippen LogP contribution in [0.2, 0.25) is 0 Å². The summed E-state index contributed by atoms with van der Waals surface area (Å²) < 4.78 is 0. The Balaban J connectivity index is 3.08. The van der Waals surface area contributed by atoms with Gasteiger partial charge in [-0.25, -0.2) is 0 Å². The lowest BCUT2D eigenvalue weighted by Crippen LogP contribution is -2.00. The van der Waals surface area contributed by atoms with Crippen LogP contribution in [0.1, 0.15) is 0 Å². The number of hydrogen-bond acceptors (Lipinski definition) is 6. The Kier molecular flexibility index (Phi) is 0.992. The summed E-state index contributed by atoms with van der Waals surface area (Å²) in [7, 11) is 0. The molecule has 0 amide bonds. The summed E-state index contributed by atoms with van der Waals surface area (Å²) in [5, 5.41) is 26.6. The first-order valence-corrected chi connectivity index (χ1v) is 1.84. The van der Waals surface area contributed by atoms with E-state index in [-0.39, 0.29) is 4.85 Å². The van der Waals surface area contributed by atoms with Gasteiger partial charge in [0.2, 0.25) is 0 Å². The van der Waals surface area contributed by atoms with E-state index in [2.05, 4.69) is 15.5 Å². The van der Waals surface area contributed by atoms with Gasteiger partial charge in [-0.05, 0) is 4.92 Å². The summed E-state index contributed by atoms with van der Waals surface area (Å²) in [6.07, 6.45) is 0. The smallest absolute Gasteiger partial charge is 0.390 e. The number of aromatic nitrogens is 4. The van der Waals surface area contributed by atoms with Crippen molar-refractivity contribution in [3.8, 4) is 0 Å². The first-order valence-electron chi connectivity index (χ1n) is 1.84. The largest absolute Gasteiger partial charge is 0.517 e. The van der Waals surface area contributed by atoms with Gasteiger partial charge in [-0.2, -0.15) is 0 Å². The Hall–Kier alpha value is -1.73. The first kappa shape index (κ1) is 5.41. The molecule has 1 rings (SSSR count). The van der Waals surface area contributed by atoms with Gasteiger partial charge in [-0.1, -0.05) is 0 Å². The summed E-state index contributed by atoms with van der Waals surface area (Å²) in [6.45, 7) is 0. The predicted molar refractivity (Wildman–Crippen MR) is 21.7 cm³/mol. The molecule has 0 unspecified atom stereocenters. The molecule has 0 aliphatic carbocycles. The average Bonchev–Trinajstić information content (AvgIpc) is 2.13. The maximum Gasteiger partial charge on any atom is 0.517 e. The average molecular weight is 131 g/mol. The van der Waals surface area contributed by atoms with E-state index in [1.165, 1.54) is 0 Å². The Morgan fingerprint density at radius 3 is 2.67 bits per heavy atom. The number of hydrogen-bond donors (Lipinski definition) is 1. The summed E-state index contributed by atoms with van der Waals surface area (Å²) >= 11 is 0. The topological polar surface area (TPSA) is 107 Å². The highest BCUT2D eigenvalue weighted by atomic mass is 16.6. The van der Waals surface area contributed by atoms with E-state index in [4.69, 9.17) is 5.21 Å². The van der Waals surface area contributed by atoms with Crippen molar-refractivity contribution in [1.82, 2.24) is 20.4 Å². The third-order valence-electron chi connectivity index (χ3n) is 0.601. The Morgan fingerprint density at radius 1 is 1.78 bits per heavy atom. The van der Waals surface area contributed by atoms with Gasteiger partial charge in [-0.15, -0.1) is 0 Å². The SMILES string of the molecule is O=[N+]([O-])c1nnnn1O. The number of nitro groups is 1. The quantitative estimate of drug-likeness (QED) is 0.292. The van der Waals surface area contributed by atoms with E-state index in [0.717, 1.165) is 0 Å². The van der Waals surface area contributed by atoms with Crippen molar-refractivity contribution in [3.05, 3.63) is 10.1 Å². The van der Waals surface area contributed by atoms with Crippen molar-refractivity contribution in [2.75, 3.05) is 0 Å². The molecule has 0 aromatic carbocycles. The normalized spacial score (nSPS) is 9.33. The molecule has 0 bridgehead atoms. The minimum Gasteiger partial charge on any atom is -0.390 e.